The molecule has 4 rings (SSSR count). The van der Waals surface area contributed by atoms with Crippen molar-refractivity contribution < 1.29 is 4.74 Å². The molecule has 0 aliphatic carbocycles. The quantitative estimate of drug-likeness (QED) is 0.553. The number of fused-ring (bicyclic) bond motifs is 1. The molecule has 5 nitrogen and oxygen atoms in total. The zero-order valence-corrected chi connectivity index (χ0v) is 17.5. The molecule has 0 aromatic carbocycles. The Morgan fingerprint density at radius 1 is 1.10 bits per heavy atom. The molecule has 1 saturated heterocycles. The van der Waals surface area contributed by atoms with Gasteiger partial charge in [-0.15, -0.1) is 0 Å². The number of anilines is 1. The molecule has 0 radical (unpaired) electrons. The standard InChI is InChI=1S/C24H30N4O/c1-3-5-8-19(7-4-2)22-18-28(24-21(22)9-6-12-25-24)20-10-11-23(26-17-20)27-13-15-29-16-14-27/h6,8-12,17-18H,3-5,7,13-16H2,1-2H3/b19-8+. The van der Waals surface area contributed by atoms with Crippen LogP contribution in [0.1, 0.15) is 45.1 Å². The van der Waals surface area contributed by atoms with Crippen LogP contribution in [0.25, 0.3) is 22.3 Å². The number of unbranched alkanes of at least 4 members (excludes halogenated alkanes) is 1. The lowest BCUT2D eigenvalue weighted by atomic mass is 10.00. The lowest BCUT2D eigenvalue weighted by molar-refractivity contribution is 0.122. The number of ether oxygens (including phenoxy) is 1. The molecule has 1 aliphatic rings. The normalized spacial score (nSPS) is 15.2. The fourth-order valence-corrected chi connectivity index (χ4v) is 3.95. The zero-order chi connectivity index (χ0) is 20.1. The minimum absolute atomic E-state index is 0.767. The number of hydrogen-bond acceptors (Lipinski definition) is 4. The van der Waals surface area contributed by atoms with Crippen molar-refractivity contribution in [2.75, 3.05) is 31.2 Å². The lowest BCUT2D eigenvalue weighted by Gasteiger charge is -2.27. The minimum Gasteiger partial charge on any atom is -0.378 e. The van der Waals surface area contributed by atoms with Gasteiger partial charge in [-0.3, -0.25) is 4.57 Å². The highest BCUT2D eigenvalue weighted by molar-refractivity contribution is 5.92. The first-order chi connectivity index (χ1) is 14.3. The van der Waals surface area contributed by atoms with Crippen molar-refractivity contribution in [1.29, 1.82) is 0 Å². The van der Waals surface area contributed by atoms with Gasteiger partial charge in [0.25, 0.3) is 0 Å². The van der Waals surface area contributed by atoms with Crippen LogP contribution in [0, 0.1) is 0 Å². The Morgan fingerprint density at radius 3 is 2.69 bits per heavy atom. The summed E-state index contributed by atoms with van der Waals surface area (Å²) in [5.41, 5.74) is 4.75. The smallest absolute Gasteiger partial charge is 0.145 e. The van der Waals surface area contributed by atoms with Crippen LogP contribution in [0.2, 0.25) is 0 Å². The number of aromatic nitrogens is 3. The van der Waals surface area contributed by atoms with Crippen molar-refractivity contribution in [2.45, 2.75) is 39.5 Å². The molecule has 5 heteroatoms. The summed E-state index contributed by atoms with van der Waals surface area (Å²) in [5, 5.41) is 1.21. The van der Waals surface area contributed by atoms with Crippen molar-refractivity contribution in [3.63, 3.8) is 0 Å². The maximum atomic E-state index is 5.45. The van der Waals surface area contributed by atoms with Crippen LogP contribution in [-0.4, -0.2) is 40.8 Å². The van der Waals surface area contributed by atoms with E-state index >= 15 is 0 Å². The monoisotopic (exact) mass is 390 g/mol. The molecule has 1 aliphatic heterocycles. The van der Waals surface area contributed by atoms with Crippen molar-refractivity contribution in [2.24, 2.45) is 0 Å². The van der Waals surface area contributed by atoms with Crippen LogP contribution in [0.4, 0.5) is 5.82 Å². The van der Waals surface area contributed by atoms with Crippen LogP contribution in [-0.2, 0) is 4.74 Å². The maximum Gasteiger partial charge on any atom is 0.145 e. The molecule has 4 heterocycles. The Hall–Kier alpha value is -2.66. The first kappa shape index (κ1) is 19.6. The van der Waals surface area contributed by atoms with E-state index in [0.29, 0.717) is 0 Å². The molecule has 3 aromatic heterocycles. The fraction of sp³-hybridized carbons (Fsp3) is 0.417. The predicted octanol–water partition coefficient (Wildman–Crippen LogP) is 5.24. The van der Waals surface area contributed by atoms with E-state index in [4.69, 9.17) is 14.7 Å². The minimum atomic E-state index is 0.767. The molecular formula is C24H30N4O. The van der Waals surface area contributed by atoms with Crippen LogP contribution >= 0.6 is 0 Å². The molecule has 152 valence electrons. The van der Waals surface area contributed by atoms with Crippen LogP contribution in [0.3, 0.4) is 0 Å². The summed E-state index contributed by atoms with van der Waals surface area (Å²) in [4.78, 5) is 11.7. The van der Waals surface area contributed by atoms with Gasteiger partial charge in [-0.1, -0.05) is 32.8 Å². The van der Waals surface area contributed by atoms with E-state index in [1.54, 1.807) is 0 Å². The zero-order valence-electron chi connectivity index (χ0n) is 17.5. The summed E-state index contributed by atoms with van der Waals surface area (Å²) in [6.07, 6.45) is 13.0. The van der Waals surface area contributed by atoms with E-state index in [-0.39, 0.29) is 0 Å². The second-order valence-electron chi connectivity index (χ2n) is 7.53. The molecule has 0 amide bonds. The van der Waals surface area contributed by atoms with E-state index in [2.05, 4.69) is 53.8 Å². The van der Waals surface area contributed by atoms with Gasteiger partial charge in [-0.2, -0.15) is 0 Å². The third kappa shape index (κ3) is 4.20. The lowest BCUT2D eigenvalue weighted by Crippen LogP contribution is -2.36. The van der Waals surface area contributed by atoms with Crippen molar-refractivity contribution in [3.8, 4) is 5.69 Å². The van der Waals surface area contributed by atoms with Gasteiger partial charge in [0.2, 0.25) is 0 Å². The number of rotatable bonds is 7. The largest absolute Gasteiger partial charge is 0.378 e. The highest BCUT2D eigenvalue weighted by atomic mass is 16.5. The summed E-state index contributed by atoms with van der Waals surface area (Å²) in [6, 6.07) is 8.46. The maximum absolute atomic E-state index is 5.45. The van der Waals surface area contributed by atoms with Gasteiger partial charge in [-0.25, -0.2) is 9.97 Å². The number of allylic oxidation sites excluding steroid dienone is 2. The summed E-state index contributed by atoms with van der Waals surface area (Å²) < 4.78 is 7.63. The summed E-state index contributed by atoms with van der Waals surface area (Å²) in [6.45, 7) is 7.80. The molecular weight excluding hydrogens is 360 g/mol. The van der Waals surface area contributed by atoms with Gasteiger partial charge in [0.1, 0.15) is 11.5 Å². The fourth-order valence-electron chi connectivity index (χ4n) is 3.95. The average Bonchev–Trinajstić information content (AvgIpc) is 3.17. The van der Waals surface area contributed by atoms with Gasteiger partial charge >= 0.3 is 0 Å². The summed E-state index contributed by atoms with van der Waals surface area (Å²) in [5.74, 6) is 1.01. The second kappa shape index (κ2) is 9.23. The van der Waals surface area contributed by atoms with Gasteiger partial charge in [0, 0.05) is 36.4 Å². The number of morpholine rings is 1. The molecule has 0 spiro atoms. The van der Waals surface area contributed by atoms with Crippen molar-refractivity contribution in [1.82, 2.24) is 14.5 Å². The molecule has 0 unspecified atom stereocenters. The Kier molecular flexibility index (Phi) is 6.25. The first-order valence-corrected chi connectivity index (χ1v) is 10.8. The van der Waals surface area contributed by atoms with Crippen molar-refractivity contribution in [3.05, 3.63) is 54.5 Å². The molecule has 0 atom stereocenters. The van der Waals surface area contributed by atoms with E-state index in [9.17, 15) is 0 Å². The third-order valence-corrected chi connectivity index (χ3v) is 5.45. The van der Waals surface area contributed by atoms with E-state index in [1.165, 1.54) is 16.5 Å². The van der Waals surface area contributed by atoms with Gasteiger partial charge in [0.15, 0.2) is 0 Å². The van der Waals surface area contributed by atoms with Crippen LogP contribution in [0.15, 0.2) is 48.9 Å². The molecule has 0 bridgehead atoms. The van der Waals surface area contributed by atoms with E-state index < -0.39 is 0 Å². The second-order valence-corrected chi connectivity index (χ2v) is 7.53. The Labute approximate surface area is 173 Å². The number of pyridine rings is 2. The van der Waals surface area contributed by atoms with Crippen molar-refractivity contribution >= 4 is 22.4 Å². The number of hydrogen-bond donors (Lipinski definition) is 0. The van der Waals surface area contributed by atoms with E-state index in [0.717, 1.165) is 69.1 Å². The topological polar surface area (TPSA) is 43.2 Å². The SMILES string of the molecule is CCC/C=C(\CCC)c1cn(-c2ccc(N3CCOCC3)nc2)c2ncccc12. The van der Waals surface area contributed by atoms with Crippen LogP contribution < -0.4 is 4.90 Å². The van der Waals surface area contributed by atoms with Gasteiger partial charge < -0.3 is 9.64 Å². The Morgan fingerprint density at radius 2 is 1.97 bits per heavy atom. The Bertz CT molecular complexity index is 968. The highest BCUT2D eigenvalue weighted by Crippen LogP contribution is 2.31. The number of nitrogens with zero attached hydrogens (tertiary/aromatic N) is 4. The van der Waals surface area contributed by atoms with E-state index in [1.807, 2.05) is 18.5 Å². The third-order valence-electron chi connectivity index (χ3n) is 5.45. The van der Waals surface area contributed by atoms with Gasteiger partial charge in [-0.05, 0) is 42.7 Å². The summed E-state index contributed by atoms with van der Waals surface area (Å²) in [7, 11) is 0. The first-order valence-electron chi connectivity index (χ1n) is 10.8. The Balaban J connectivity index is 1.72. The molecule has 0 N–H and O–H groups in total. The molecule has 1 fully saturated rings. The van der Waals surface area contributed by atoms with Gasteiger partial charge in [0.05, 0.1) is 25.1 Å². The van der Waals surface area contributed by atoms with Crippen LogP contribution in [0.5, 0.6) is 0 Å². The predicted molar refractivity (Wildman–Crippen MR) is 120 cm³/mol. The highest BCUT2D eigenvalue weighted by Gasteiger charge is 2.15. The molecule has 0 saturated carbocycles. The molecule has 29 heavy (non-hydrogen) atoms. The summed E-state index contributed by atoms with van der Waals surface area (Å²) >= 11 is 0. The average molecular weight is 391 g/mol. The molecule has 3 aromatic rings.